The number of hydrogen-bond donors (Lipinski definition) is 0. The maximum Gasteiger partial charge on any atom is 0.166 e. The lowest BCUT2D eigenvalue weighted by molar-refractivity contribution is 0.0972. The summed E-state index contributed by atoms with van der Waals surface area (Å²) < 4.78 is 15.4. The summed E-state index contributed by atoms with van der Waals surface area (Å²) in [6.07, 6.45) is 2.27. The van der Waals surface area contributed by atoms with Crippen molar-refractivity contribution in [3.63, 3.8) is 0 Å². The fourth-order valence-corrected chi connectivity index (χ4v) is 2.90. The van der Waals surface area contributed by atoms with Gasteiger partial charge in [-0.05, 0) is 39.1 Å². The van der Waals surface area contributed by atoms with Gasteiger partial charge in [0.25, 0.3) is 0 Å². The van der Waals surface area contributed by atoms with Crippen molar-refractivity contribution in [1.82, 2.24) is 14.7 Å². The number of Topliss-reactive ketones (excluding diaryl/α,β-unsaturated/α-hetero) is 1. The molecule has 0 saturated heterocycles. The Hall–Kier alpha value is -2.01. The Bertz CT molecular complexity index is 706. The standard InChI is InChI=1S/C17H20FN3O/c1-20(2)9-10-21-14-7-4-8-15(22)16(14)17(19-21)12-5-3-6-13(18)11-12/h3,5-6,11H,4,7-10H2,1-2H3. The average molecular weight is 301 g/mol. The summed E-state index contributed by atoms with van der Waals surface area (Å²) in [5.41, 5.74) is 2.99. The van der Waals surface area contributed by atoms with Gasteiger partial charge in [-0.3, -0.25) is 9.48 Å². The first-order chi connectivity index (χ1) is 10.6. The van der Waals surface area contributed by atoms with Crippen LogP contribution in [0.4, 0.5) is 4.39 Å². The largest absolute Gasteiger partial charge is 0.308 e. The highest BCUT2D eigenvalue weighted by Crippen LogP contribution is 2.31. The number of likely N-dealkylation sites (N-methyl/N-ethyl adjacent to an activating group) is 1. The monoisotopic (exact) mass is 301 g/mol. The highest BCUT2D eigenvalue weighted by molar-refractivity contribution is 6.03. The van der Waals surface area contributed by atoms with E-state index in [1.165, 1.54) is 12.1 Å². The van der Waals surface area contributed by atoms with E-state index in [9.17, 15) is 9.18 Å². The van der Waals surface area contributed by atoms with Crippen molar-refractivity contribution in [2.75, 3.05) is 20.6 Å². The van der Waals surface area contributed by atoms with Gasteiger partial charge in [0.15, 0.2) is 5.78 Å². The number of hydrogen-bond acceptors (Lipinski definition) is 3. The minimum absolute atomic E-state index is 0.122. The summed E-state index contributed by atoms with van der Waals surface area (Å²) in [5, 5.41) is 4.63. The maximum absolute atomic E-state index is 13.5. The molecule has 1 aliphatic carbocycles. The molecule has 0 fully saturated rings. The topological polar surface area (TPSA) is 38.1 Å². The Morgan fingerprint density at radius 1 is 1.32 bits per heavy atom. The molecule has 0 aliphatic heterocycles. The number of rotatable bonds is 4. The van der Waals surface area contributed by atoms with E-state index in [0.717, 1.165) is 31.6 Å². The van der Waals surface area contributed by atoms with Crippen molar-refractivity contribution in [2.24, 2.45) is 0 Å². The Kier molecular flexibility index (Phi) is 4.07. The van der Waals surface area contributed by atoms with Crippen LogP contribution in [0, 0.1) is 5.82 Å². The second-order valence-electron chi connectivity index (χ2n) is 5.98. The van der Waals surface area contributed by atoms with Gasteiger partial charge in [0.2, 0.25) is 0 Å². The molecular weight excluding hydrogens is 281 g/mol. The van der Waals surface area contributed by atoms with Gasteiger partial charge in [-0.1, -0.05) is 12.1 Å². The third-order valence-electron chi connectivity index (χ3n) is 4.01. The lowest BCUT2D eigenvalue weighted by Gasteiger charge is -2.15. The van der Waals surface area contributed by atoms with Gasteiger partial charge in [0.1, 0.15) is 11.5 Å². The number of halogens is 1. The van der Waals surface area contributed by atoms with Gasteiger partial charge in [-0.2, -0.15) is 5.10 Å². The van der Waals surface area contributed by atoms with E-state index in [-0.39, 0.29) is 11.6 Å². The Balaban J connectivity index is 2.08. The Morgan fingerprint density at radius 3 is 2.86 bits per heavy atom. The first kappa shape index (κ1) is 14.9. The van der Waals surface area contributed by atoms with Crippen LogP contribution in [0.15, 0.2) is 24.3 Å². The second-order valence-corrected chi connectivity index (χ2v) is 5.98. The van der Waals surface area contributed by atoms with Gasteiger partial charge in [0.05, 0.1) is 12.1 Å². The number of ketones is 1. The molecular formula is C17H20FN3O. The van der Waals surface area contributed by atoms with Crippen LogP contribution in [0.5, 0.6) is 0 Å². The van der Waals surface area contributed by atoms with Crippen LogP contribution in [0.1, 0.15) is 28.9 Å². The average Bonchev–Trinajstić information content (AvgIpc) is 2.85. The zero-order chi connectivity index (χ0) is 15.7. The van der Waals surface area contributed by atoms with E-state index in [0.29, 0.717) is 23.2 Å². The molecule has 2 aromatic rings. The second kappa shape index (κ2) is 6.01. The number of carbonyl (C=O) groups is 1. The molecule has 116 valence electrons. The summed E-state index contributed by atoms with van der Waals surface area (Å²) in [6, 6.07) is 6.31. The van der Waals surface area contributed by atoms with Crippen LogP contribution in [0.25, 0.3) is 11.3 Å². The van der Waals surface area contributed by atoms with Crippen molar-refractivity contribution in [3.05, 3.63) is 41.3 Å². The first-order valence-electron chi connectivity index (χ1n) is 7.60. The lowest BCUT2D eigenvalue weighted by atomic mass is 9.92. The van der Waals surface area contributed by atoms with Crippen LogP contribution in [-0.4, -0.2) is 41.1 Å². The van der Waals surface area contributed by atoms with Crippen LogP contribution in [0.3, 0.4) is 0 Å². The fraction of sp³-hybridized carbons (Fsp3) is 0.412. The van der Waals surface area contributed by atoms with E-state index in [1.54, 1.807) is 6.07 Å². The Labute approximate surface area is 129 Å². The number of benzene rings is 1. The molecule has 0 N–H and O–H groups in total. The molecule has 0 radical (unpaired) electrons. The molecule has 0 atom stereocenters. The minimum atomic E-state index is -0.308. The van der Waals surface area contributed by atoms with Crippen LogP contribution in [-0.2, 0) is 13.0 Å². The predicted molar refractivity (Wildman–Crippen MR) is 83.4 cm³/mol. The smallest absolute Gasteiger partial charge is 0.166 e. The van der Waals surface area contributed by atoms with Crippen LogP contribution < -0.4 is 0 Å². The Morgan fingerprint density at radius 2 is 2.14 bits per heavy atom. The first-order valence-corrected chi connectivity index (χ1v) is 7.60. The SMILES string of the molecule is CN(C)CCn1nc(-c2cccc(F)c2)c2c1CCCC2=O. The molecule has 0 bridgehead atoms. The van der Waals surface area contributed by atoms with Crippen molar-refractivity contribution in [1.29, 1.82) is 0 Å². The van der Waals surface area contributed by atoms with Gasteiger partial charge < -0.3 is 4.90 Å². The molecule has 0 amide bonds. The highest BCUT2D eigenvalue weighted by atomic mass is 19.1. The number of aromatic nitrogens is 2. The van der Waals surface area contributed by atoms with E-state index < -0.39 is 0 Å². The highest BCUT2D eigenvalue weighted by Gasteiger charge is 2.27. The molecule has 0 spiro atoms. The van der Waals surface area contributed by atoms with Crippen molar-refractivity contribution < 1.29 is 9.18 Å². The molecule has 22 heavy (non-hydrogen) atoms. The van der Waals surface area contributed by atoms with Gasteiger partial charge in [-0.25, -0.2) is 4.39 Å². The number of fused-ring (bicyclic) bond motifs is 1. The molecule has 5 heteroatoms. The van der Waals surface area contributed by atoms with Gasteiger partial charge in [-0.15, -0.1) is 0 Å². The molecule has 3 rings (SSSR count). The quantitative estimate of drug-likeness (QED) is 0.871. The zero-order valence-corrected chi connectivity index (χ0v) is 13.0. The number of nitrogens with zero attached hydrogens (tertiary/aromatic N) is 3. The summed E-state index contributed by atoms with van der Waals surface area (Å²) in [4.78, 5) is 14.4. The predicted octanol–water partition coefficient (Wildman–Crippen LogP) is 2.77. The summed E-state index contributed by atoms with van der Waals surface area (Å²) >= 11 is 0. The van der Waals surface area contributed by atoms with Crippen molar-refractivity contribution in [2.45, 2.75) is 25.8 Å². The maximum atomic E-state index is 13.5. The number of carbonyl (C=O) groups excluding carboxylic acids is 1. The normalized spacial score (nSPS) is 14.5. The summed E-state index contributed by atoms with van der Waals surface area (Å²) in [6.45, 7) is 1.59. The van der Waals surface area contributed by atoms with Gasteiger partial charge in [0, 0.05) is 24.2 Å². The molecule has 4 nitrogen and oxygen atoms in total. The lowest BCUT2D eigenvalue weighted by Crippen LogP contribution is -2.21. The van der Waals surface area contributed by atoms with Crippen LogP contribution >= 0.6 is 0 Å². The van der Waals surface area contributed by atoms with E-state index in [1.807, 2.05) is 24.8 Å². The molecule has 1 aromatic heterocycles. The minimum Gasteiger partial charge on any atom is -0.308 e. The van der Waals surface area contributed by atoms with E-state index >= 15 is 0 Å². The molecule has 0 unspecified atom stereocenters. The van der Waals surface area contributed by atoms with Crippen molar-refractivity contribution >= 4 is 5.78 Å². The third kappa shape index (κ3) is 2.81. The van der Waals surface area contributed by atoms with E-state index in [2.05, 4.69) is 10.00 Å². The van der Waals surface area contributed by atoms with Crippen molar-refractivity contribution in [3.8, 4) is 11.3 Å². The molecule has 1 aromatic carbocycles. The molecule has 0 saturated carbocycles. The summed E-state index contributed by atoms with van der Waals surface area (Å²) in [7, 11) is 4.02. The third-order valence-corrected chi connectivity index (χ3v) is 4.01. The van der Waals surface area contributed by atoms with E-state index in [4.69, 9.17) is 0 Å². The van der Waals surface area contributed by atoms with Gasteiger partial charge >= 0.3 is 0 Å². The summed E-state index contributed by atoms with van der Waals surface area (Å²) in [5.74, 6) is -0.186. The fourth-order valence-electron chi connectivity index (χ4n) is 2.90. The van der Waals surface area contributed by atoms with Crippen LogP contribution in [0.2, 0.25) is 0 Å². The molecule has 1 heterocycles. The zero-order valence-electron chi connectivity index (χ0n) is 13.0. The molecule has 1 aliphatic rings.